The van der Waals surface area contributed by atoms with Crippen LogP contribution in [-0.2, 0) is 5.41 Å². The van der Waals surface area contributed by atoms with Crippen molar-refractivity contribution in [2.24, 2.45) is 0 Å². The summed E-state index contributed by atoms with van der Waals surface area (Å²) in [5.41, 5.74) is 10.2. The predicted octanol–water partition coefficient (Wildman–Crippen LogP) is 4.24. The SMILES string of the molecule is COc1ccc(C(C)(C)C)cc1-c1cccc(N)c1. The molecule has 0 aromatic heterocycles. The van der Waals surface area contributed by atoms with Crippen molar-refractivity contribution >= 4 is 5.69 Å². The molecule has 19 heavy (non-hydrogen) atoms. The van der Waals surface area contributed by atoms with Gasteiger partial charge < -0.3 is 10.5 Å². The van der Waals surface area contributed by atoms with Gasteiger partial charge >= 0.3 is 0 Å². The van der Waals surface area contributed by atoms with Crippen LogP contribution in [0.25, 0.3) is 11.1 Å². The number of hydrogen-bond donors (Lipinski definition) is 1. The Morgan fingerprint density at radius 1 is 1.00 bits per heavy atom. The molecule has 0 bridgehead atoms. The van der Waals surface area contributed by atoms with Crippen molar-refractivity contribution in [3.05, 3.63) is 48.0 Å². The van der Waals surface area contributed by atoms with E-state index in [4.69, 9.17) is 10.5 Å². The fourth-order valence-electron chi connectivity index (χ4n) is 2.11. The summed E-state index contributed by atoms with van der Waals surface area (Å²) in [7, 11) is 1.70. The summed E-state index contributed by atoms with van der Waals surface area (Å²) in [5, 5.41) is 0. The summed E-state index contributed by atoms with van der Waals surface area (Å²) >= 11 is 0. The molecule has 0 aliphatic carbocycles. The minimum atomic E-state index is 0.112. The largest absolute Gasteiger partial charge is 0.496 e. The predicted molar refractivity (Wildman–Crippen MR) is 81.5 cm³/mol. The smallest absolute Gasteiger partial charge is 0.126 e. The molecule has 2 heteroatoms. The van der Waals surface area contributed by atoms with Gasteiger partial charge in [-0.25, -0.2) is 0 Å². The van der Waals surface area contributed by atoms with E-state index in [-0.39, 0.29) is 5.41 Å². The molecule has 100 valence electrons. The monoisotopic (exact) mass is 255 g/mol. The number of anilines is 1. The van der Waals surface area contributed by atoms with E-state index in [0.717, 1.165) is 22.6 Å². The Kier molecular flexibility index (Phi) is 3.52. The van der Waals surface area contributed by atoms with Crippen LogP contribution in [0.1, 0.15) is 26.3 Å². The van der Waals surface area contributed by atoms with Gasteiger partial charge in [0.2, 0.25) is 0 Å². The van der Waals surface area contributed by atoms with E-state index in [1.54, 1.807) is 7.11 Å². The molecule has 2 N–H and O–H groups in total. The van der Waals surface area contributed by atoms with Gasteiger partial charge in [-0.15, -0.1) is 0 Å². The van der Waals surface area contributed by atoms with Gasteiger partial charge in [-0.05, 0) is 40.8 Å². The van der Waals surface area contributed by atoms with Gasteiger partial charge in [0.1, 0.15) is 5.75 Å². The van der Waals surface area contributed by atoms with Crippen LogP contribution in [-0.4, -0.2) is 7.11 Å². The summed E-state index contributed by atoms with van der Waals surface area (Å²) in [4.78, 5) is 0. The highest BCUT2D eigenvalue weighted by molar-refractivity contribution is 5.74. The molecule has 0 aliphatic heterocycles. The Balaban J connectivity index is 2.60. The Hall–Kier alpha value is -1.96. The van der Waals surface area contributed by atoms with Crippen LogP contribution in [0.5, 0.6) is 5.75 Å². The molecule has 0 aliphatic rings. The zero-order chi connectivity index (χ0) is 14.0. The number of nitrogen functional groups attached to an aromatic ring is 1. The van der Waals surface area contributed by atoms with Gasteiger partial charge in [0.05, 0.1) is 7.11 Å². The lowest BCUT2D eigenvalue weighted by atomic mass is 9.85. The average Bonchev–Trinajstić information content (AvgIpc) is 2.37. The van der Waals surface area contributed by atoms with Gasteiger partial charge in [-0.3, -0.25) is 0 Å². The Morgan fingerprint density at radius 2 is 1.74 bits per heavy atom. The Morgan fingerprint density at radius 3 is 2.32 bits per heavy atom. The van der Waals surface area contributed by atoms with Gasteiger partial charge in [0, 0.05) is 11.3 Å². The van der Waals surface area contributed by atoms with Crippen molar-refractivity contribution in [3.8, 4) is 16.9 Å². The van der Waals surface area contributed by atoms with E-state index in [0.29, 0.717) is 0 Å². The molecular weight excluding hydrogens is 234 g/mol. The highest BCUT2D eigenvalue weighted by Gasteiger charge is 2.16. The van der Waals surface area contributed by atoms with Gasteiger partial charge in [-0.2, -0.15) is 0 Å². The number of ether oxygens (including phenoxy) is 1. The first-order chi connectivity index (χ1) is 8.91. The Bertz CT molecular complexity index is 582. The van der Waals surface area contributed by atoms with Crippen LogP contribution in [0.4, 0.5) is 5.69 Å². The lowest BCUT2D eigenvalue weighted by Gasteiger charge is -2.21. The third-order valence-electron chi connectivity index (χ3n) is 3.26. The van der Waals surface area contributed by atoms with Crippen molar-refractivity contribution in [3.63, 3.8) is 0 Å². The molecule has 0 saturated heterocycles. The third kappa shape index (κ3) is 2.90. The van der Waals surface area contributed by atoms with Gasteiger partial charge in [0.15, 0.2) is 0 Å². The minimum Gasteiger partial charge on any atom is -0.496 e. The molecule has 0 heterocycles. The van der Waals surface area contributed by atoms with Crippen molar-refractivity contribution < 1.29 is 4.74 Å². The number of methoxy groups -OCH3 is 1. The second-order valence-corrected chi connectivity index (χ2v) is 5.79. The van der Waals surface area contributed by atoms with Gasteiger partial charge in [0.25, 0.3) is 0 Å². The van der Waals surface area contributed by atoms with Crippen molar-refractivity contribution in [2.75, 3.05) is 12.8 Å². The molecule has 0 fully saturated rings. The third-order valence-corrected chi connectivity index (χ3v) is 3.26. The molecule has 2 aromatic rings. The van der Waals surface area contributed by atoms with E-state index < -0.39 is 0 Å². The van der Waals surface area contributed by atoms with Gasteiger partial charge in [-0.1, -0.05) is 39.0 Å². The molecule has 0 spiro atoms. The second kappa shape index (κ2) is 4.96. The molecule has 2 aromatic carbocycles. The van der Waals surface area contributed by atoms with Crippen LogP contribution in [0.15, 0.2) is 42.5 Å². The molecule has 2 nitrogen and oxygen atoms in total. The highest BCUT2D eigenvalue weighted by atomic mass is 16.5. The lowest BCUT2D eigenvalue weighted by Crippen LogP contribution is -2.11. The normalized spacial score (nSPS) is 11.4. The first-order valence-corrected chi connectivity index (χ1v) is 6.46. The summed E-state index contributed by atoms with van der Waals surface area (Å²) < 4.78 is 5.47. The van der Waals surface area contributed by atoms with E-state index in [1.807, 2.05) is 24.3 Å². The number of nitrogens with two attached hydrogens (primary N) is 1. The highest BCUT2D eigenvalue weighted by Crippen LogP contribution is 2.35. The zero-order valence-electron chi connectivity index (χ0n) is 12.0. The summed E-state index contributed by atoms with van der Waals surface area (Å²) in [6.07, 6.45) is 0. The number of hydrogen-bond acceptors (Lipinski definition) is 2. The fourth-order valence-corrected chi connectivity index (χ4v) is 2.11. The van der Waals surface area contributed by atoms with Crippen LogP contribution in [0.3, 0.4) is 0 Å². The molecule has 0 atom stereocenters. The summed E-state index contributed by atoms with van der Waals surface area (Å²) in [5.74, 6) is 0.874. The standard InChI is InChI=1S/C17H21NO/c1-17(2,3)13-8-9-16(19-4)15(11-13)12-6-5-7-14(18)10-12/h5-11H,18H2,1-4H3. The number of benzene rings is 2. The fraction of sp³-hybridized carbons (Fsp3) is 0.294. The van der Waals surface area contributed by atoms with E-state index >= 15 is 0 Å². The van der Waals surface area contributed by atoms with Crippen LogP contribution in [0, 0.1) is 0 Å². The molecule has 0 saturated carbocycles. The maximum absolute atomic E-state index is 5.87. The minimum absolute atomic E-state index is 0.112. The molecule has 0 unspecified atom stereocenters. The maximum atomic E-state index is 5.87. The van der Waals surface area contributed by atoms with Crippen LogP contribution < -0.4 is 10.5 Å². The second-order valence-electron chi connectivity index (χ2n) is 5.79. The zero-order valence-corrected chi connectivity index (χ0v) is 12.0. The van der Waals surface area contributed by atoms with E-state index in [9.17, 15) is 0 Å². The Labute approximate surface area is 115 Å². The van der Waals surface area contributed by atoms with Crippen LogP contribution in [0.2, 0.25) is 0 Å². The first kappa shape index (κ1) is 13.5. The molecule has 2 rings (SSSR count). The molecule has 0 radical (unpaired) electrons. The molecule has 0 amide bonds. The van der Waals surface area contributed by atoms with E-state index in [2.05, 4.69) is 39.0 Å². The first-order valence-electron chi connectivity index (χ1n) is 6.46. The van der Waals surface area contributed by atoms with E-state index in [1.165, 1.54) is 5.56 Å². The lowest BCUT2D eigenvalue weighted by molar-refractivity contribution is 0.416. The van der Waals surface area contributed by atoms with Crippen molar-refractivity contribution in [1.82, 2.24) is 0 Å². The quantitative estimate of drug-likeness (QED) is 0.814. The summed E-state index contributed by atoms with van der Waals surface area (Å²) in [6.45, 7) is 6.62. The van der Waals surface area contributed by atoms with Crippen molar-refractivity contribution in [1.29, 1.82) is 0 Å². The van der Waals surface area contributed by atoms with Crippen molar-refractivity contribution in [2.45, 2.75) is 26.2 Å². The average molecular weight is 255 g/mol. The summed E-state index contributed by atoms with van der Waals surface area (Å²) in [6, 6.07) is 14.2. The molecular formula is C17H21NO. The number of rotatable bonds is 2. The maximum Gasteiger partial charge on any atom is 0.126 e. The van der Waals surface area contributed by atoms with Crippen LogP contribution >= 0.6 is 0 Å². The topological polar surface area (TPSA) is 35.2 Å².